The van der Waals surface area contributed by atoms with Crippen LogP contribution in [0.3, 0.4) is 0 Å². The fourth-order valence-corrected chi connectivity index (χ4v) is 6.51. The number of fused-ring (bicyclic) bond motifs is 3. The van der Waals surface area contributed by atoms with Gasteiger partial charge in [0.05, 0.1) is 11.6 Å². The summed E-state index contributed by atoms with van der Waals surface area (Å²) in [6.45, 7) is 1.92. The molecule has 5 rings (SSSR count). The van der Waals surface area contributed by atoms with Crippen LogP contribution in [0.25, 0.3) is 16.9 Å². The first-order chi connectivity index (χ1) is 18.3. The molecule has 4 atom stereocenters. The van der Waals surface area contributed by atoms with Gasteiger partial charge in [0.15, 0.2) is 11.4 Å². The highest BCUT2D eigenvalue weighted by molar-refractivity contribution is 6.24. The van der Waals surface area contributed by atoms with Crippen molar-refractivity contribution in [2.24, 2.45) is 23.3 Å². The minimum Gasteiger partial charge on any atom is -0.508 e. The van der Waals surface area contributed by atoms with Crippen LogP contribution in [0.2, 0.25) is 0 Å². The first kappa shape index (κ1) is 26.6. The quantitative estimate of drug-likeness (QED) is 0.316. The zero-order chi connectivity index (χ0) is 28.5. The standard InChI is InChI=1S/C29H31N3O7/c1-12-4-6-13(7-5-12)16-9-15(11-30)23(33)20-17(16)8-14-10-18-22(32(2)3)25(35)21(28(31)38)27(37)29(18,39)26(36)19(14)24(20)34/h4-7,9,14,18,22,33-34,37,39H,8,10-11,30H2,1-3H3,(H2,31,38). The van der Waals surface area contributed by atoms with E-state index in [0.29, 0.717) is 11.1 Å². The van der Waals surface area contributed by atoms with Crippen molar-refractivity contribution in [1.29, 1.82) is 0 Å². The van der Waals surface area contributed by atoms with Crippen molar-refractivity contribution in [3.63, 3.8) is 0 Å². The maximum Gasteiger partial charge on any atom is 0.255 e. The van der Waals surface area contributed by atoms with E-state index in [2.05, 4.69) is 0 Å². The molecule has 2 aromatic carbocycles. The number of nitrogens with two attached hydrogens (primary N) is 2. The maximum atomic E-state index is 14.0. The summed E-state index contributed by atoms with van der Waals surface area (Å²) in [7, 11) is 3.13. The average Bonchev–Trinajstić information content (AvgIpc) is 2.86. The SMILES string of the molecule is Cc1ccc(-c2cc(CN)c(O)c3c2CC2CC4C(N(C)C)C(=O)C(C(N)=O)=C(O)C4(O)C(=O)C2=C3O)cc1. The molecule has 4 unspecified atom stereocenters. The Hall–Kier alpha value is -3.99. The summed E-state index contributed by atoms with van der Waals surface area (Å²) >= 11 is 0. The Balaban J connectivity index is 1.77. The summed E-state index contributed by atoms with van der Waals surface area (Å²) < 4.78 is 0. The molecule has 0 aliphatic heterocycles. The van der Waals surface area contributed by atoms with Crippen LogP contribution in [0, 0.1) is 18.8 Å². The summed E-state index contributed by atoms with van der Waals surface area (Å²) in [5.41, 5.74) is 11.1. The van der Waals surface area contributed by atoms with Crippen LogP contribution in [-0.2, 0) is 27.3 Å². The van der Waals surface area contributed by atoms with Gasteiger partial charge in [0.25, 0.3) is 5.91 Å². The van der Waals surface area contributed by atoms with Crippen LogP contribution in [-0.4, -0.2) is 68.5 Å². The van der Waals surface area contributed by atoms with Gasteiger partial charge in [-0.1, -0.05) is 29.8 Å². The number of likely N-dealkylation sites (N-methyl/N-ethyl adjacent to an activating group) is 1. The Morgan fingerprint density at radius 3 is 2.33 bits per heavy atom. The van der Waals surface area contributed by atoms with Gasteiger partial charge in [0, 0.05) is 23.6 Å². The van der Waals surface area contributed by atoms with Gasteiger partial charge < -0.3 is 31.9 Å². The van der Waals surface area contributed by atoms with Gasteiger partial charge in [-0.2, -0.15) is 0 Å². The van der Waals surface area contributed by atoms with Crippen molar-refractivity contribution in [2.45, 2.75) is 38.0 Å². The molecule has 204 valence electrons. The van der Waals surface area contributed by atoms with E-state index in [1.54, 1.807) is 20.2 Å². The summed E-state index contributed by atoms with van der Waals surface area (Å²) in [6.07, 6.45) is 0.231. The number of aryl methyl sites for hydroxylation is 1. The van der Waals surface area contributed by atoms with E-state index in [0.717, 1.165) is 16.7 Å². The predicted octanol–water partition coefficient (Wildman–Crippen LogP) is 1.40. The van der Waals surface area contributed by atoms with Gasteiger partial charge in [0.1, 0.15) is 22.8 Å². The third kappa shape index (κ3) is 3.63. The number of carbonyl (C=O) groups is 3. The lowest BCUT2D eigenvalue weighted by Gasteiger charge is -2.50. The van der Waals surface area contributed by atoms with E-state index in [1.807, 2.05) is 31.2 Å². The van der Waals surface area contributed by atoms with Crippen LogP contribution < -0.4 is 11.5 Å². The Labute approximate surface area is 224 Å². The van der Waals surface area contributed by atoms with Crippen LogP contribution >= 0.6 is 0 Å². The molecule has 8 N–H and O–H groups in total. The van der Waals surface area contributed by atoms with Crippen molar-refractivity contribution in [2.75, 3.05) is 14.1 Å². The molecule has 1 amide bonds. The topological polar surface area (TPSA) is 187 Å². The smallest absolute Gasteiger partial charge is 0.255 e. The number of ketones is 2. The lowest BCUT2D eigenvalue weighted by atomic mass is 9.57. The van der Waals surface area contributed by atoms with E-state index in [9.17, 15) is 34.8 Å². The normalized spacial score (nSPS) is 26.5. The molecule has 0 saturated heterocycles. The van der Waals surface area contributed by atoms with Crippen molar-refractivity contribution < 1.29 is 34.8 Å². The molecule has 0 aromatic heterocycles. The monoisotopic (exact) mass is 533 g/mol. The van der Waals surface area contributed by atoms with Gasteiger partial charge in [0.2, 0.25) is 5.78 Å². The lowest BCUT2D eigenvalue weighted by Crippen LogP contribution is -2.65. The highest BCUT2D eigenvalue weighted by atomic mass is 16.3. The Kier molecular flexibility index (Phi) is 6.17. The first-order valence-electron chi connectivity index (χ1n) is 12.6. The number of benzene rings is 2. The lowest BCUT2D eigenvalue weighted by molar-refractivity contribution is -0.153. The highest BCUT2D eigenvalue weighted by Crippen LogP contribution is 2.54. The molecule has 0 bridgehead atoms. The molecule has 3 aliphatic carbocycles. The number of rotatable bonds is 4. The second-order valence-corrected chi connectivity index (χ2v) is 10.8. The second kappa shape index (κ2) is 9.04. The number of amides is 1. The van der Waals surface area contributed by atoms with Gasteiger partial charge in [-0.25, -0.2) is 0 Å². The number of aliphatic hydroxyl groups is 3. The molecule has 1 fully saturated rings. The van der Waals surface area contributed by atoms with Gasteiger partial charge in [-0.15, -0.1) is 0 Å². The summed E-state index contributed by atoms with van der Waals surface area (Å²) in [5.74, 6) is -6.81. The van der Waals surface area contributed by atoms with E-state index >= 15 is 0 Å². The van der Waals surface area contributed by atoms with E-state index in [4.69, 9.17) is 11.5 Å². The van der Waals surface area contributed by atoms with Crippen LogP contribution in [0.15, 0.2) is 47.2 Å². The molecule has 0 spiro atoms. The molecule has 0 heterocycles. The number of hydrogen-bond donors (Lipinski definition) is 6. The molecule has 39 heavy (non-hydrogen) atoms. The summed E-state index contributed by atoms with van der Waals surface area (Å²) in [4.78, 5) is 40.8. The zero-order valence-corrected chi connectivity index (χ0v) is 21.9. The van der Waals surface area contributed by atoms with Gasteiger partial charge >= 0.3 is 0 Å². The molecule has 3 aliphatic rings. The van der Waals surface area contributed by atoms with E-state index < -0.39 is 58.0 Å². The number of aromatic hydroxyl groups is 1. The van der Waals surface area contributed by atoms with Gasteiger partial charge in [-0.05, 0) is 62.5 Å². The largest absolute Gasteiger partial charge is 0.508 e. The predicted molar refractivity (Wildman–Crippen MR) is 142 cm³/mol. The van der Waals surface area contributed by atoms with Gasteiger partial charge in [-0.3, -0.25) is 19.3 Å². The van der Waals surface area contributed by atoms with Crippen molar-refractivity contribution >= 4 is 23.2 Å². The summed E-state index contributed by atoms with van der Waals surface area (Å²) in [5, 5.41) is 45.3. The molecule has 10 heteroatoms. The fraction of sp³-hybridized carbons (Fsp3) is 0.345. The Morgan fingerprint density at radius 2 is 1.77 bits per heavy atom. The molecular formula is C29H31N3O7. The number of phenolic OH excluding ortho intramolecular Hbond substituents is 1. The van der Waals surface area contributed by atoms with E-state index in [-0.39, 0.29) is 36.3 Å². The van der Waals surface area contributed by atoms with Crippen molar-refractivity contribution in [3.05, 3.63) is 69.5 Å². The molecule has 10 nitrogen and oxygen atoms in total. The van der Waals surface area contributed by atoms with Crippen molar-refractivity contribution in [1.82, 2.24) is 4.90 Å². The molecule has 2 aromatic rings. The van der Waals surface area contributed by atoms with Crippen molar-refractivity contribution in [3.8, 4) is 16.9 Å². The number of primary amides is 1. The highest BCUT2D eigenvalue weighted by Gasteiger charge is 2.64. The second-order valence-electron chi connectivity index (χ2n) is 10.8. The number of Topliss-reactive ketones (excluding diaryl/α,β-unsaturated/α-hetero) is 2. The minimum absolute atomic E-state index is 0.0263. The first-order valence-corrected chi connectivity index (χ1v) is 12.6. The van der Waals surface area contributed by atoms with Crippen LogP contribution in [0.1, 0.15) is 28.7 Å². The number of nitrogens with zero attached hydrogens (tertiary/aromatic N) is 1. The number of carbonyl (C=O) groups excluding carboxylic acids is 3. The van der Waals surface area contributed by atoms with Crippen LogP contribution in [0.4, 0.5) is 0 Å². The number of aliphatic hydroxyl groups excluding tert-OH is 2. The fourth-order valence-electron chi connectivity index (χ4n) is 6.51. The molecule has 0 radical (unpaired) electrons. The third-order valence-corrected chi connectivity index (χ3v) is 8.38. The molecule has 1 saturated carbocycles. The minimum atomic E-state index is -2.68. The summed E-state index contributed by atoms with van der Waals surface area (Å²) in [6, 6.07) is 8.33. The number of hydrogen-bond acceptors (Lipinski definition) is 9. The zero-order valence-electron chi connectivity index (χ0n) is 21.9. The average molecular weight is 534 g/mol. The Morgan fingerprint density at radius 1 is 1.13 bits per heavy atom. The third-order valence-electron chi connectivity index (χ3n) is 8.38. The van der Waals surface area contributed by atoms with Crippen LogP contribution in [0.5, 0.6) is 5.75 Å². The Bertz CT molecular complexity index is 1510. The maximum absolute atomic E-state index is 14.0. The molecular weight excluding hydrogens is 502 g/mol. The number of phenols is 1. The van der Waals surface area contributed by atoms with E-state index in [1.165, 1.54) is 4.90 Å².